The van der Waals surface area contributed by atoms with Gasteiger partial charge in [-0.3, -0.25) is 0 Å². The van der Waals surface area contributed by atoms with Crippen LogP contribution in [0.5, 0.6) is 5.75 Å². The second kappa shape index (κ2) is 6.45. The third-order valence-corrected chi connectivity index (χ3v) is 3.36. The summed E-state index contributed by atoms with van der Waals surface area (Å²) in [7, 11) is 0. The van der Waals surface area contributed by atoms with Crippen molar-refractivity contribution in [3.05, 3.63) is 30.3 Å². The number of ether oxygens (including phenoxy) is 1. The summed E-state index contributed by atoms with van der Waals surface area (Å²) < 4.78 is 5.46. The number of hydrogen-bond donors (Lipinski definition) is 1. The van der Waals surface area contributed by atoms with Crippen molar-refractivity contribution in [2.75, 3.05) is 19.8 Å². The van der Waals surface area contributed by atoms with E-state index in [2.05, 4.69) is 19.2 Å². The van der Waals surface area contributed by atoms with Crippen molar-refractivity contribution in [2.45, 2.75) is 20.3 Å². The van der Waals surface area contributed by atoms with E-state index in [1.165, 1.54) is 6.42 Å². The number of rotatable bonds is 3. The molecule has 0 aromatic heterocycles. The Balaban J connectivity index is 1.75. The van der Waals surface area contributed by atoms with Crippen molar-refractivity contribution in [1.29, 1.82) is 0 Å². The van der Waals surface area contributed by atoms with Crippen molar-refractivity contribution in [3.8, 4) is 5.75 Å². The molecule has 0 bridgehead atoms. The molecular weight excluding hydrogens is 240 g/mol. The second-order valence-corrected chi connectivity index (χ2v) is 5.43. The van der Waals surface area contributed by atoms with Crippen LogP contribution in [0.15, 0.2) is 30.3 Å². The summed E-state index contributed by atoms with van der Waals surface area (Å²) in [6.07, 6.45) is 1.20. The first-order valence-electron chi connectivity index (χ1n) is 6.85. The fraction of sp³-hybridized carbons (Fsp3) is 0.533. The van der Waals surface area contributed by atoms with E-state index in [1.54, 1.807) is 0 Å². The van der Waals surface area contributed by atoms with Gasteiger partial charge in [-0.2, -0.15) is 0 Å². The van der Waals surface area contributed by atoms with Crippen molar-refractivity contribution in [3.63, 3.8) is 0 Å². The lowest BCUT2D eigenvalue weighted by atomic mass is 9.92. The van der Waals surface area contributed by atoms with Crippen molar-refractivity contribution in [1.82, 2.24) is 10.2 Å². The van der Waals surface area contributed by atoms with Gasteiger partial charge in [-0.05, 0) is 30.4 Å². The lowest BCUT2D eigenvalue weighted by molar-refractivity contribution is 0.139. The van der Waals surface area contributed by atoms with Gasteiger partial charge in [0.25, 0.3) is 0 Å². The van der Waals surface area contributed by atoms with E-state index in [9.17, 15) is 4.79 Å². The van der Waals surface area contributed by atoms with E-state index < -0.39 is 0 Å². The van der Waals surface area contributed by atoms with Gasteiger partial charge in [-0.1, -0.05) is 32.0 Å². The molecule has 1 aliphatic heterocycles. The Morgan fingerprint density at radius 2 is 1.89 bits per heavy atom. The van der Waals surface area contributed by atoms with Gasteiger partial charge in [0.15, 0.2) is 6.73 Å². The molecule has 0 spiro atoms. The van der Waals surface area contributed by atoms with E-state index in [1.807, 2.05) is 35.2 Å². The quantitative estimate of drug-likeness (QED) is 0.851. The zero-order chi connectivity index (χ0) is 13.7. The third kappa shape index (κ3) is 4.16. The number of amides is 2. The van der Waals surface area contributed by atoms with Gasteiger partial charge in [0.05, 0.1) is 0 Å². The number of para-hydroxylation sites is 1. The van der Waals surface area contributed by atoms with Crippen molar-refractivity contribution in [2.24, 2.45) is 11.8 Å². The maximum atomic E-state index is 12.0. The zero-order valence-electron chi connectivity index (χ0n) is 11.6. The minimum atomic E-state index is -0.0330. The summed E-state index contributed by atoms with van der Waals surface area (Å²) in [5.41, 5.74) is 0. The first kappa shape index (κ1) is 13.7. The topological polar surface area (TPSA) is 41.6 Å². The molecule has 2 rings (SSSR count). The van der Waals surface area contributed by atoms with Crippen LogP contribution in [0.4, 0.5) is 4.79 Å². The Bertz CT molecular complexity index is 398. The van der Waals surface area contributed by atoms with Crippen LogP contribution < -0.4 is 10.1 Å². The maximum Gasteiger partial charge on any atom is 0.320 e. The smallest absolute Gasteiger partial charge is 0.320 e. The first-order chi connectivity index (χ1) is 9.15. The predicted molar refractivity (Wildman–Crippen MR) is 75.0 cm³/mol. The van der Waals surface area contributed by atoms with Crippen LogP contribution in [0.2, 0.25) is 0 Å². The number of benzene rings is 1. The largest absolute Gasteiger partial charge is 0.473 e. The molecule has 0 aliphatic carbocycles. The van der Waals surface area contributed by atoms with E-state index in [0.717, 1.165) is 18.8 Å². The van der Waals surface area contributed by atoms with Crippen LogP contribution in [-0.2, 0) is 0 Å². The Morgan fingerprint density at radius 1 is 1.26 bits per heavy atom. The number of hydrogen-bond acceptors (Lipinski definition) is 2. The van der Waals surface area contributed by atoms with E-state index >= 15 is 0 Å². The SMILES string of the molecule is CC1CC(C)CN(C(=O)NCOc2ccccc2)C1. The van der Waals surface area contributed by atoms with Gasteiger partial charge < -0.3 is 15.0 Å². The summed E-state index contributed by atoms with van der Waals surface area (Å²) in [5.74, 6) is 1.91. The van der Waals surface area contributed by atoms with Gasteiger partial charge in [-0.25, -0.2) is 4.79 Å². The number of likely N-dealkylation sites (tertiary alicyclic amines) is 1. The molecule has 104 valence electrons. The molecule has 1 saturated heterocycles. The fourth-order valence-corrected chi connectivity index (χ4v) is 2.64. The van der Waals surface area contributed by atoms with Crippen LogP contribution in [0.25, 0.3) is 0 Å². The Morgan fingerprint density at radius 3 is 2.53 bits per heavy atom. The Labute approximate surface area is 114 Å². The van der Waals surface area contributed by atoms with E-state index in [4.69, 9.17) is 4.74 Å². The molecule has 1 aromatic rings. The highest BCUT2D eigenvalue weighted by atomic mass is 16.5. The molecule has 1 heterocycles. The molecule has 0 saturated carbocycles. The molecular formula is C15H22N2O2. The highest BCUT2D eigenvalue weighted by Crippen LogP contribution is 2.20. The van der Waals surface area contributed by atoms with E-state index in [-0.39, 0.29) is 12.8 Å². The number of piperidine rings is 1. The normalized spacial score (nSPS) is 22.9. The molecule has 4 nitrogen and oxygen atoms in total. The number of urea groups is 1. The van der Waals surface area contributed by atoms with E-state index in [0.29, 0.717) is 11.8 Å². The summed E-state index contributed by atoms with van der Waals surface area (Å²) in [4.78, 5) is 13.9. The lowest BCUT2D eigenvalue weighted by Crippen LogP contribution is -2.48. The molecule has 2 amide bonds. The molecule has 0 radical (unpaired) electrons. The average molecular weight is 262 g/mol. The molecule has 1 aliphatic rings. The highest BCUT2D eigenvalue weighted by molar-refractivity contribution is 5.74. The number of carbonyl (C=O) groups excluding carboxylic acids is 1. The van der Waals surface area contributed by atoms with Gasteiger partial charge in [0.2, 0.25) is 0 Å². The zero-order valence-corrected chi connectivity index (χ0v) is 11.6. The number of nitrogens with one attached hydrogen (secondary N) is 1. The number of nitrogens with zero attached hydrogens (tertiary/aromatic N) is 1. The summed E-state index contributed by atoms with van der Waals surface area (Å²) in [6.45, 7) is 6.26. The van der Waals surface area contributed by atoms with Gasteiger partial charge in [0, 0.05) is 13.1 Å². The minimum Gasteiger partial charge on any atom is -0.473 e. The third-order valence-electron chi connectivity index (χ3n) is 3.36. The standard InChI is InChI=1S/C15H22N2O2/c1-12-8-13(2)10-17(9-12)15(18)16-11-19-14-6-4-3-5-7-14/h3-7,12-13H,8-11H2,1-2H3,(H,16,18). The van der Waals surface area contributed by atoms with Crippen LogP contribution in [0, 0.1) is 11.8 Å². The molecule has 1 fully saturated rings. The van der Waals surface area contributed by atoms with Crippen LogP contribution in [0.3, 0.4) is 0 Å². The highest BCUT2D eigenvalue weighted by Gasteiger charge is 2.25. The van der Waals surface area contributed by atoms with Gasteiger partial charge in [-0.15, -0.1) is 0 Å². The van der Waals surface area contributed by atoms with Crippen molar-refractivity contribution >= 4 is 6.03 Å². The maximum absolute atomic E-state index is 12.0. The second-order valence-electron chi connectivity index (χ2n) is 5.43. The molecule has 1 N–H and O–H groups in total. The first-order valence-corrected chi connectivity index (χ1v) is 6.85. The van der Waals surface area contributed by atoms with Crippen molar-refractivity contribution < 1.29 is 9.53 Å². The monoisotopic (exact) mass is 262 g/mol. The predicted octanol–water partition coefficient (Wildman–Crippen LogP) is 2.71. The number of carbonyl (C=O) groups is 1. The Hall–Kier alpha value is -1.71. The van der Waals surface area contributed by atoms with Crippen LogP contribution >= 0.6 is 0 Å². The minimum absolute atomic E-state index is 0.0330. The Kier molecular flexibility index (Phi) is 4.66. The fourth-order valence-electron chi connectivity index (χ4n) is 2.64. The lowest BCUT2D eigenvalue weighted by Gasteiger charge is -2.34. The van der Waals surface area contributed by atoms with Gasteiger partial charge >= 0.3 is 6.03 Å². The van der Waals surface area contributed by atoms with Crippen LogP contribution in [0.1, 0.15) is 20.3 Å². The van der Waals surface area contributed by atoms with Gasteiger partial charge in [0.1, 0.15) is 5.75 Å². The molecule has 2 atom stereocenters. The summed E-state index contributed by atoms with van der Waals surface area (Å²) in [6, 6.07) is 9.46. The molecule has 2 unspecified atom stereocenters. The van der Waals surface area contributed by atoms with Crippen LogP contribution in [-0.4, -0.2) is 30.8 Å². The molecule has 1 aromatic carbocycles. The summed E-state index contributed by atoms with van der Waals surface area (Å²) in [5, 5.41) is 2.81. The average Bonchev–Trinajstić information content (AvgIpc) is 2.38. The summed E-state index contributed by atoms with van der Waals surface area (Å²) >= 11 is 0. The molecule has 4 heteroatoms. The molecule has 19 heavy (non-hydrogen) atoms.